The Balaban J connectivity index is 2.07. The first-order valence-corrected chi connectivity index (χ1v) is 5.20. The Morgan fingerprint density at radius 1 is 1.33 bits per heavy atom. The fourth-order valence-corrected chi connectivity index (χ4v) is 1.82. The number of hydrogen-bond acceptors (Lipinski definition) is 2. The summed E-state index contributed by atoms with van der Waals surface area (Å²) in [4.78, 5) is 15.9. The van der Waals surface area contributed by atoms with Crippen molar-refractivity contribution in [3.8, 4) is 0 Å². The summed E-state index contributed by atoms with van der Waals surface area (Å²) >= 11 is 0. The van der Waals surface area contributed by atoms with Gasteiger partial charge in [0.1, 0.15) is 0 Å². The molecule has 15 heavy (non-hydrogen) atoms. The van der Waals surface area contributed by atoms with Crippen LogP contribution in [0.4, 0.5) is 0 Å². The van der Waals surface area contributed by atoms with E-state index < -0.39 is 0 Å². The predicted octanol–water partition coefficient (Wildman–Crippen LogP) is 1.20. The molecule has 0 fully saturated rings. The van der Waals surface area contributed by atoms with Gasteiger partial charge in [0.15, 0.2) is 0 Å². The van der Waals surface area contributed by atoms with Crippen molar-refractivity contribution < 1.29 is 4.79 Å². The number of carbonyl (C=O) groups excluding carboxylic acids is 1. The van der Waals surface area contributed by atoms with Crippen LogP contribution >= 0.6 is 0 Å². The fourth-order valence-electron chi connectivity index (χ4n) is 1.82. The van der Waals surface area contributed by atoms with E-state index in [1.807, 2.05) is 43.3 Å². The lowest BCUT2D eigenvalue weighted by molar-refractivity contribution is 0.0768. The zero-order chi connectivity index (χ0) is 10.8. The molecule has 0 aromatic heterocycles. The summed E-state index contributed by atoms with van der Waals surface area (Å²) in [6.07, 6.45) is 0. The van der Waals surface area contributed by atoms with E-state index in [-0.39, 0.29) is 5.91 Å². The number of rotatable bonds is 3. The first kappa shape index (κ1) is 10.2. The topological polar surface area (TPSA) is 23.6 Å². The van der Waals surface area contributed by atoms with Crippen molar-refractivity contribution in [2.24, 2.45) is 0 Å². The third-order valence-corrected chi connectivity index (χ3v) is 2.71. The number of hydrogen-bond donors (Lipinski definition) is 0. The third kappa shape index (κ3) is 2.02. The first-order valence-electron chi connectivity index (χ1n) is 5.20. The van der Waals surface area contributed by atoms with Gasteiger partial charge in [-0.15, -0.1) is 0 Å². The molecule has 1 amide bonds. The van der Waals surface area contributed by atoms with Crippen molar-refractivity contribution in [2.45, 2.75) is 6.54 Å². The van der Waals surface area contributed by atoms with Crippen LogP contribution in [0.1, 0.15) is 15.9 Å². The molecule has 3 heteroatoms. The SMILES string of the molecule is CN(C)CCN1Cc2ccccc2C1=O. The maximum absolute atomic E-state index is 11.9. The van der Waals surface area contributed by atoms with Gasteiger partial charge in [0.2, 0.25) is 0 Å². The van der Waals surface area contributed by atoms with E-state index in [1.165, 1.54) is 0 Å². The van der Waals surface area contributed by atoms with Gasteiger partial charge >= 0.3 is 0 Å². The molecule has 1 aliphatic heterocycles. The molecule has 0 saturated heterocycles. The largest absolute Gasteiger partial charge is 0.333 e. The summed E-state index contributed by atoms with van der Waals surface area (Å²) in [5.74, 6) is 0.174. The Bertz CT molecular complexity index is 374. The highest BCUT2D eigenvalue weighted by atomic mass is 16.2. The molecule has 0 atom stereocenters. The van der Waals surface area contributed by atoms with Gasteiger partial charge in [-0.3, -0.25) is 4.79 Å². The Labute approximate surface area is 90.3 Å². The molecule has 0 unspecified atom stereocenters. The van der Waals surface area contributed by atoms with E-state index in [1.54, 1.807) is 0 Å². The molecule has 3 nitrogen and oxygen atoms in total. The van der Waals surface area contributed by atoms with Crippen molar-refractivity contribution in [3.05, 3.63) is 35.4 Å². The molecule has 0 spiro atoms. The lowest BCUT2D eigenvalue weighted by atomic mass is 10.1. The number of nitrogens with zero attached hydrogens (tertiary/aromatic N) is 2. The van der Waals surface area contributed by atoms with Crippen molar-refractivity contribution in [3.63, 3.8) is 0 Å². The molecule has 1 aromatic rings. The molecule has 0 N–H and O–H groups in total. The minimum Gasteiger partial charge on any atom is -0.333 e. The number of likely N-dealkylation sites (N-methyl/N-ethyl adjacent to an activating group) is 1. The first-order chi connectivity index (χ1) is 7.18. The van der Waals surface area contributed by atoms with Crippen molar-refractivity contribution in [2.75, 3.05) is 27.2 Å². The highest BCUT2D eigenvalue weighted by Gasteiger charge is 2.25. The van der Waals surface area contributed by atoms with E-state index in [2.05, 4.69) is 4.90 Å². The standard InChI is InChI=1S/C12H16N2O/c1-13(2)7-8-14-9-10-5-3-4-6-11(10)12(14)15/h3-6H,7-9H2,1-2H3. The molecule has 0 saturated carbocycles. The van der Waals surface area contributed by atoms with E-state index in [0.717, 1.165) is 30.8 Å². The van der Waals surface area contributed by atoms with Crippen LogP contribution in [0.2, 0.25) is 0 Å². The van der Waals surface area contributed by atoms with Gasteiger partial charge in [0.25, 0.3) is 5.91 Å². The molecule has 1 heterocycles. The lowest BCUT2D eigenvalue weighted by Crippen LogP contribution is -2.31. The van der Waals surface area contributed by atoms with Crippen LogP contribution in [0.5, 0.6) is 0 Å². The molecule has 1 aromatic carbocycles. The summed E-state index contributed by atoms with van der Waals surface area (Å²) in [7, 11) is 4.04. The fraction of sp³-hybridized carbons (Fsp3) is 0.417. The molecule has 0 aliphatic carbocycles. The number of amides is 1. The molecule has 1 aliphatic rings. The van der Waals surface area contributed by atoms with Crippen LogP contribution in [-0.2, 0) is 6.54 Å². The van der Waals surface area contributed by atoms with Gasteiger partial charge in [-0.1, -0.05) is 18.2 Å². The minimum absolute atomic E-state index is 0.174. The lowest BCUT2D eigenvalue weighted by Gasteiger charge is -2.18. The summed E-state index contributed by atoms with van der Waals surface area (Å²) in [6.45, 7) is 2.49. The van der Waals surface area contributed by atoms with Crippen LogP contribution in [-0.4, -0.2) is 42.9 Å². The molecular formula is C12H16N2O. The number of benzene rings is 1. The van der Waals surface area contributed by atoms with Gasteiger partial charge < -0.3 is 9.80 Å². The zero-order valence-corrected chi connectivity index (χ0v) is 9.23. The van der Waals surface area contributed by atoms with Crippen LogP contribution in [0.25, 0.3) is 0 Å². The van der Waals surface area contributed by atoms with E-state index in [4.69, 9.17) is 0 Å². The summed E-state index contributed by atoms with van der Waals surface area (Å²) in [5, 5.41) is 0. The minimum atomic E-state index is 0.174. The van der Waals surface area contributed by atoms with Gasteiger partial charge in [0, 0.05) is 25.2 Å². The monoisotopic (exact) mass is 204 g/mol. The third-order valence-electron chi connectivity index (χ3n) is 2.71. The van der Waals surface area contributed by atoms with Crippen LogP contribution < -0.4 is 0 Å². The average Bonchev–Trinajstić information content (AvgIpc) is 2.54. The highest BCUT2D eigenvalue weighted by Crippen LogP contribution is 2.21. The second-order valence-electron chi connectivity index (χ2n) is 4.19. The Morgan fingerprint density at radius 2 is 2.07 bits per heavy atom. The second-order valence-corrected chi connectivity index (χ2v) is 4.19. The van der Waals surface area contributed by atoms with E-state index in [9.17, 15) is 4.79 Å². The smallest absolute Gasteiger partial charge is 0.254 e. The molecule has 0 radical (unpaired) electrons. The molecule has 0 bridgehead atoms. The number of carbonyl (C=O) groups is 1. The quantitative estimate of drug-likeness (QED) is 0.738. The summed E-state index contributed by atoms with van der Waals surface area (Å²) in [5.41, 5.74) is 2.03. The normalized spacial score (nSPS) is 14.9. The average molecular weight is 204 g/mol. The maximum Gasteiger partial charge on any atom is 0.254 e. The van der Waals surface area contributed by atoms with Gasteiger partial charge in [-0.05, 0) is 25.7 Å². The molecule has 2 rings (SSSR count). The van der Waals surface area contributed by atoms with Crippen molar-refractivity contribution >= 4 is 5.91 Å². The van der Waals surface area contributed by atoms with E-state index in [0.29, 0.717) is 0 Å². The Kier molecular flexibility index (Phi) is 2.73. The number of fused-ring (bicyclic) bond motifs is 1. The Hall–Kier alpha value is -1.35. The van der Waals surface area contributed by atoms with E-state index >= 15 is 0 Å². The van der Waals surface area contributed by atoms with Gasteiger partial charge in [0.05, 0.1) is 0 Å². The van der Waals surface area contributed by atoms with Crippen LogP contribution in [0, 0.1) is 0 Å². The summed E-state index contributed by atoms with van der Waals surface area (Å²) < 4.78 is 0. The predicted molar refractivity (Wildman–Crippen MR) is 59.7 cm³/mol. The Morgan fingerprint density at radius 3 is 2.73 bits per heavy atom. The van der Waals surface area contributed by atoms with Gasteiger partial charge in [-0.2, -0.15) is 0 Å². The second kappa shape index (κ2) is 4.03. The maximum atomic E-state index is 11.9. The molecule has 80 valence electrons. The summed E-state index contributed by atoms with van der Waals surface area (Å²) in [6, 6.07) is 7.85. The van der Waals surface area contributed by atoms with Crippen molar-refractivity contribution in [1.29, 1.82) is 0 Å². The van der Waals surface area contributed by atoms with Crippen molar-refractivity contribution in [1.82, 2.24) is 9.80 Å². The van der Waals surface area contributed by atoms with Crippen LogP contribution in [0.3, 0.4) is 0 Å². The highest BCUT2D eigenvalue weighted by molar-refractivity contribution is 5.98. The zero-order valence-electron chi connectivity index (χ0n) is 9.23. The van der Waals surface area contributed by atoms with Crippen LogP contribution in [0.15, 0.2) is 24.3 Å². The molecular weight excluding hydrogens is 188 g/mol. The van der Waals surface area contributed by atoms with Gasteiger partial charge in [-0.25, -0.2) is 0 Å².